The first kappa shape index (κ1) is 21.4. The number of carbonyl (C=O) groups is 1. The zero-order valence-electron chi connectivity index (χ0n) is 18.5. The largest absolute Gasteiger partial charge is 0.496 e. The van der Waals surface area contributed by atoms with Crippen LogP contribution in [-0.4, -0.2) is 25.6 Å². The number of fused-ring (bicyclic) bond motifs is 1. The Labute approximate surface area is 179 Å². The molecule has 1 aliphatic rings. The second kappa shape index (κ2) is 8.23. The average Bonchev–Trinajstić information content (AvgIpc) is 2.71. The fourth-order valence-corrected chi connectivity index (χ4v) is 4.11. The van der Waals surface area contributed by atoms with Gasteiger partial charge < -0.3 is 15.0 Å². The summed E-state index contributed by atoms with van der Waals surface area (Å²) in [6, 6.07) is 13.6. The van der Waals surface area contributed by atoms with E-state index in [1.54, 1.807) is 13.2 Å². The fourth-order valence-electron chi connectivity index (χ4n) is 4.11. The third-order valence-corrected chi connectivity index (χ3v) is 6.04. The molecule has 5 heteroatoms. The highest BCUT2D eigenvalue weighted by Gasteiger charge is 2.34. The molecule has 0 radical (unpaired) electrons. The lowest BCUT2D eigenvalue weighted by molar-refractivity contribution is -0.112. The third kappa shape index (κ3) is 4.04. The number of ether oxygens (including phenoxy) is 1. The number of para-hydroxylation sites is 1. The number of nitriles is 1. The van der Waals surface area contributed by atoms with Crippen molar-refractivity contribution in [1.82, 2.24) is 0 Å². The van der Waals surface area contributed by atoms with Crippen molar-refractivity contribution in [2.24, 2.45) is 0 Å². The summed E-state index contributed by atoms with van der Waals surface area (Å²) in [6.45, 7) is 8.59. The molecule has 2 aromatic rings. The number of nitrogens with one attached hydrogen (secondary N) is 1. The Kier molecular flexibility index (Phi) is 5.89. The minimum atomic E-state index is -0.433. The number of amides is 1. The molecule has 156 valence electrons. The molecular formula is C25H29N3O2. The predicted octanol–water partition coefficient (Wildman–Crippen LogP) is 5.27. The summed E-state index contributed by atoms with van der Waals surface area (Å²) in [4.78, 5) is 15.0. The Bertz CT molecular complexity index is 1050. The van der Waals surface area contributed by atoms with Crippen molar-refractivity contribution in [3.63, 3.8) is 0 Å². The van der Waals surface area contributed by atoms with Gasteiger partial charge in [-0.15, -0.1) is 0 Å². The lowest BCUT2D eigenvalue weighted by atomic mass is 9.80. The minimum Gasteiger partial charge on any atom is -0.496 e. The second-order valence-electron chi connectivity index (χ2n) is 8.57. The SMILES string of the molecule is COc1cc2c(cc1/C=C(\C#N)C(=O)Nc1ccccc1C)C(C)CC(C)(C)N2C. The maximum Gasteiger partial charge on any atom is 0.266 e. The number of benzene rings is 2. The molecule has 0 aliphatic carbocycles. The van der Waals surface area contributed by atoms with E-state index in [-0.39, 0.29) is 11.1 Å². The summed E-state index contributed by atoms with van der Waals surface area (Å²) in [5, 5.41) is 12.5. The Morgan fingerprint density at radius 2 is 2.03 bits per heavy atom. The zero-order valence-corrected chi connectivity index (χ0v) is 18.5. The van der Waals surface area contributed by atoms with Crippen molar-refractivity contribution in [3.8, 4) is 11.8 Å². The van der Waals surface area contributed by atoms with Crippen molar-refractivity contribution in [2.75, 3.05) is 24.4 Å². The first-order valence-electron chi connectivity index (χ1n) is 10.1. The van der Waals surface area contributed by atoms with E-state index in [0.717, 1.165) is 23.2 Å². The predicted molar refractivity (Wildman–Crippen MR) is 122 cm³/mol. The molecule has 1 unspecified atom stereocenters. The van der Waals surface area contributed by atoms with Crippen LogP contribution in [-0.2, 0) is 4.79 Å². The molecule has 1 atom stereocenters. The molecule has 5 nitrogen and oxygen atoms in total. The average molecular weight is 404 g/mol. The Morgan fingerprint density at radius 3 is 2.67 bits per heavy atom. The van der Waals surface area contributed by atoms with Crippen LogP contribution in [0.25, 0.3) is 6.08 Å². The molecule has 3 rings (SSSR count). The maximum absolute atomic E-state index is 12.7. The minimum absolute atomic E-state index is 0.0358. The van der Waals surface area contributed by atoms with E-state index >= 15 is 0 Å². The summed E-state index contributed by atoms with van der Waals surface area (Å²) < 4.78 is 5.61. The molecule has 2 aromatic carbocycles. The first-order valence-corrected chi connectivity index (χ1v) is 10.1. The molecule has 0 aromatic heterocycles. The molecule has 0 bridgehead atoms. The lowest BCUT2D eigenvalue weighted by Crippen LogP contribution is -2.45. The number of methoxy groups -OCH3 is 1. The molecule has 1 N–H and O–H groups in total. The third-order valence-electron chi connectivity index (χ3n) is 6.04. The van der Waals surface area contributed by atoms with Crippen molar-refractivity contribution in [1.29, 1.82) is 5.26 Å². The van der Waals surface area contributed by atoms with Crippen LogP contribution in [0, 0.1) is 18.3 Å². The number of hydrogen-bond donors (Lipinski definition) is 1. The monoisotopic (exact) mass is 403 g/mol. The first-order chi connectivity index (χ1) is 14.2. The second-order valence-corrected chi connectivity index (χ2v) is 8.57. The van der Waals surface area contributed by atoms with Gasteiger partial charge in [-0.2, -0.15) is 5.26 Å². The number of carbonyl (C=O) groups excluding carboxylic acids is 1. The summed E-state index contributed by atoms with van der Waals surface area (Å²) in [5.41, 5.74) is 4.75. The van der Waals surface area contributed by atoms with Crippen LogP contribution in [0.4, 0.5) is 11.4 Å². The van der Waals surface area contributed by atoms with Crippen LogP contribution in [0.5, 0.6) is 5.75 Å². The van der Waals surface area contributed by atoms with Gasteiger partial charge in [-0.25, -0.2) is 0 Å². The Hall–Kier alpha value is -3.26. The van der Waals surface area contributed by atoms with E-state index in [1.165, 1.54) is 5.56 Å². The molecular weight excluding hydrogens is 374 g/mol. The standard InChI is InChI=1S/C25H29N3O2/c1-16-9-7-8-10-21(16)27-24(29)19(15-26)11-18-12-20-17(2)14-25(3,4)28(5)22(20)13-23(18)30-6/h7-13,17H,14H2,1-6H3,(H,27,29)/b19-11+. The van der Waals surface area contributed by atoms with E-state index in [0.29, 0.717) is 17.4 Å². The van der Waals surface area contributed by atoms with Gasteiger partial charge in [0, 0.05) is 35.6 Å². The van der Waals surface area contributed by atoms with Crippen molar-refractivity contribution >= 4 is 23.4 Å². The summed E-state index contributed by atoms with van der Waals surface area (Å²) in [7, 11) is 3.70. The highest BCUT2D eigenvalue weighted by molar-refractivity contribution is 6.10. The topological polar surface area (TPSA) is 65.4 Å². The fraction of sp³-hybridized carbons (Fsp3) is 0.360. The van der Waals surface area contributed by atoms with Gasteiger partial charge in [-0.3, -0.25) is 4.79 Å². The van der Waals surface area contributed by atoms with Gasteiger partial charge in [0.2, 0.25) is 0 Å². The quantitative estimate of drug-likeness (QED) is 0.558. The van der Waals surface area contributed by atoms with Crippen LogP contribution in [0.3, 0.4) is 0 Å². The number of aryl methyl sites for hydroxylation is 1. The molecule has 0 saturated carbocycles. The van der Waals surface area contributed by atoms with E-state index in [9.17, 15) is 10.1 Å². The Balaban J connectivity index is 2.01. The van der Waals surface area contributed by atoms with Gasteiger partial charge in [-0.1, -0.05) is 25.1 Å². The normalized spacial score (nSPS) is 17.7. The van der Waals surface area contributed by atoms with Crippen molar-refractivity contribution in [3.05, 3.63) is 58.7 Å². The van der Waals surface area contributed by atoms with Gasteiger partial charge in [0.1, 0.15) is 17.4 Å². The smallest absolute Gasteiger partial charge is 0.266 e. The molecule has 0 fully saturated rings. The van der Waals surface area contributed by atoms with Gasteiger partial charge in [0.25, 0.3) is 5.91 Å². The Morgan fingerprint density at radius 1 is 1.33 bits per heavy atom. The van der Waals surface area contributed by atoms with Crippen LogP contribution in [0.2, 0.25) is 0 Å². The van der Waals surface area contributed by atoms with Crippen LogP contribution in [0.15, 0.2) is 42.0 Å². The molecule has 1 heterocycles. The van der Waals surface area contributed by atoms with Crippen LogP contribution in [0.1, 0.15) is 49.8 Å². The number of hydrogen-bond acceptors (Lipinski definition) is 4. The van der Waals surface area contributed by atoms with Gasteiger partial charge in [0.15, 0.2) is 0 Å². The summed E-state index contributed by atoms with van der Waals surface area (Å²) in [6.07, 6.45) is 2.63. The molecule has 1 aliphatic heterocycles. The summed E-state index contributed by atoms with van der Waals surface area (Å²) >= 11 is 0. The maximum atomic E-state index is 12.7. The van der Waals surface area contributed by atoms with Gasteiger partial charge in [-0.05, 0) is 62.4 Å². The summed E-state index contributed by atoms with van der Waals surface area (Å²) in [5.74, 6) is 0.565. The van der Waals surface area contributed by atoms with Crippen LogP contribution >= 0.6 is 0 Å². The number of rotatable bonds is 4. The van der Waals surface area contributed by atoms with Gasteiger partial charge in [0.05, 0.1) is 7.11 Å². The van der Waals surface area contributed by atoms with Gasteiger partial charge >= 0.3 is 0 Å². The molecule has 30 heavy (non-hydrogen) atoms. The lowest BCUT2D eigenvalue weighted by Gasteiger charge is -2.45. The molecule has 0 saturated heterocycles. The van der Waals surface area contributed by atoms with Crippen molar-refractivity contribution in [2.45, 2.75) is 45.6 Å². The zero-order chi connectivity index (χ0) is 22.1. The van der Waals surface area contributed by atoms with E-state index < -0.39 is 5.91 Å². The number of anilines is 2. The van der Waals surface area contributed by atoms with E-state index in [4.69, 9.17) is 4.74 Å². The molecule has 0 spiro atoms. The van der Waals surface area contributed by atoms with Crippen molar-refractivity contribution < 1.29 is 9.53 Å². The van der Waals surface area contributed by atoms with E-state index in [1.807, 2.05) is 49.4 Å². The molecule has 1 amide bonds. The highest BCUT2D eigenvalue weighted by atomic mass is 16.5. The van der Waals surface area contributed by atoms with Crippen LogP contribution < -0.4 is 15.0 Å². The van der Waals surface area contributed by atoms with E-state index in [2.05, 4.69) is 38.0 Å². The number of nitrogens with zero attached hydrogens (tertiary/aromatic N) is 2. The highest BCUT2D eigenvalue weighted by Crippen LogP contribution is 2.45.